The number of aromatic nitrogens is 1. The zero-order valence-electron chi connectivity index (χ0n) is 18.5. The Bertz CT molecular complexity index is 1150. The molecule has 32 heavy (non-hydrogen) atoms. The molecule has 1 aliphatic rings. The van der Waals surface area contributed by atoms with Crippen LogP contribution in [-0.2, 0) is 6.42 Å². The van der Waals surface area contributed by atoms with Crippen LogP contribution in [0.5, 0.6) is 0 Å². The van der Waals surface area contributed by atoms with Crippen molar-refractivity contribution in [3.8, 4) is 10.6 Å². The summed E-state index contributed by atoms with van der Waals surface area (Å²) in [6, 6.07) is 12.9. The molecule has 4 rings (SSSR count). The van der Waals surface area contributed by atoms with Gasteiger partial charge in [0.05, 0.1) is 11.4 Å². The molecule has 1 amide bonds. The number of aryl methyl sites for hydroxylation is 2. The van der Waals surface area contributed by atoms with Gasteiger partial charge in [-0.2, -0.15) is 0 Å². The summed E-state index contributed by atoms with van der Waals surface area (Å²) >= 11 is 1.42. The number of carbonyl (C=O) groups is 2. The predicted molar refractivity (Wildman–Crippen MR) is 126 cm³/mol. The molecule has 0 N–H and O–H groups in total. The van der Waals surface area contributed by atoms with Crippen LogP contribution in [0, 0.1) is 12.7 Å². The maximum absolute atomic E-state index is 14.5. The first-order valence-electron chi connectivity index (χ1n) is 10.8. The zero-order valence-corrected chi connectivity index (χ0v) is 19.3. The molecule has 0 atom stereocenters. The molecule has 1 fully saturated rings. The van der Waals surface area contributed by atoms with Crippen LogP contribution in [0.15, 0.2) is 42.5 Å². The average Bonchev–Trinajstić information content (AvgIpc) is 3.20. The van der Waals surface area contributed by atoms with Crippen LogP contribution < -0.4 is 4.90 Å². The molecule has 7 heteroatoms. The van der Waals surface area contributed by atoms with E-state index in [-0.39, 0.29) is 11.7 Å². The number of hydrogen-bond acceptors (Lipinski definition) is 5. The van der Waals surface area contributed by atoms with Gasteiger partial charge in [0.2, 0.25) is 0 Å². The second kappa shape index (κ2) is 9.20. The third kappa shape index (κ3) is 4.43. The summed E-state index contributed by atoms with van der Waals surface area (Å²) in [5.74, 6) is -0.593. The summed E-state index contributed by atoms with van der Waals surface area (Å²) in [6.07, 6.45) is 0.984. The van der Waals surface area contributed by atoms with Crippen molar-refractivity contribution >= 4 is 28.7 Å². The summed E-state index contributed by atoms with van der Waals surface area (Å²) in [7, 11) is 0. The van der Waals surface area contributed by atoms with Gasteiger partial charge < -0.3 is 9.80 Å². The van der Waals surface area contributed by atoms with Crippen molar-refractivity contribution in [2.75, 3.05) is 31.1 Å². The number of amides is 1. The highest BCUT2D eigenvalue weighted by molar-refractivity contribution is 7.17. The molecular formula is C25H26FN3O2S. The van der Waals surface area contributed by atoms with E-state index in [9.17, 15) is 14.0 Å². The van der Waals surface area contributed by atoms with Gasteiger partial charge in [0.15, 0.2) is 5.78 Å². The SMILES string of the molecule is CCc1ccc(-c2nc(C)c(C(=O)N3CCN(c4ccc(C(C)=O)cc4F)CC3)s2)cc1. The number of hydrogen-bond donors (Lipinski definition) is 0. The van der Waals surface area contributed by atoms with E-state index in [4.69, 9.17) is 0 Å². The van der Waals surface area contributed by atoms with E-state index in [0.29, 0.717) is 42.3 Å². The zero-order chi connectivity index (χ0) is 22.8. The number of thiazole rings is 1. The molecule has 0 spiro atoms. The predicted octanol–water partition coefficient (Wildman–Crippen LogP) is 4.99. The van der Waals surface area contributed by atoms with Crippen LogP contribution in [0.25, 0.3) is 10.6 Å². The van der Waals surface area contributed by atoms with Gasteiger partial charge in [0.25, 0.3) is 5.91 Å². The number of rotatable bonds is 5. The minimum absolute atomic E-state index is 0.0246. The van der Waals surface area contributed by atoms with Gasteiger partial charge in [-0.3, -0.25) is 9.59 Å². The Labute approximate surface area is 191 Å². The van der Waals surface area contributed by atoms with Gasteiger partial charge in [-0.05, 0) is 44.0 Å². The molecule has 0 bridgehead atoms. The highest BCUT2D eigenvalue weighted by atomic mass is 32.1. The molecule has 0 aliphatic carbocycles. The Kier molecular flexibility index (Phi) is 6.37. The first-order valence-corrected chi connectivity index (χ1v) is 11.6. The lowest BCUT2D eigenvalue weighted by Crippen LogP contribution is -2.49. The van der Waals surface area contributed by atoms with Crippen LogP contribution in [0.1, 0.15) is 45.1 Å². The number of nitrogens with zero attached hydrogens (tertiary/aromatic N) is 3. The smallest absolute Gasteiger partial charge is 0.265 e. The van der Waals surface area contributed by atoms with E-state index in [1.807, 2.05) is 16.7 Å². The van der Waals surface area contributed by atoms with Gasteiger partial charge in [0, 0.05) is 37.3 Å². The summed E-state index contributed by atoms with van der Waals surface area (Å²) in [5, 5.41) is 0.847. The second-order valence-electron chi connectivity index (χ2n) is 7.99. The Hall–Kier alpha value is -3.06. The fourth-order valence-electron chi connectivity index (χ4n) is 3.88. The number of piperazine rings is 1. The summed E-state index contributed by atoms with van der Waals surface area (Å²) in [6.45, 7) is 7.49. The summed E-state index contributed by atoms with van der Waals surface area (Å²) in [5.41, 5.74) is 3.85. The van der Waals surface area contributed by atoms with Crippen molar-refractivity contribution in [3.05, 3.63) is 70.0 Å². The number of carbonyl (C=O) groups excluding carboxylic acids is 2. The first-order chi connectivity index (χ1) is 15.4. The largest absolute Gasteiger partial charge is 0.366 e. The van der Waals surface area contributed by atoms with Crippen LogP contribution in [0.3, 0.4) is 0 Å². The van der Waals surface area contributed by atoms with Gasteiger partial charge in [-0.15, -0.1) is 11.3 Å². The Morgan fingerprint density at radius 2 is 1.75 bits per heavy atom. The molecule has 0 saturated carbocycles. The number of Topliss-reactive ketones (excluding diaryl/α,β-unsaturated/α-hetero) is 1. The highest BCUT2D eigenvalue weighted by Gasteiger charge is 2.27. The van der Waals surface area contributed by atoms with Gasteiger partial charge in [0.1, 0.15) is 15.7 Å². The van der Waals surface area contributed by atoms with Crippen LogP contribution in [-0.4, -0.2) is 47.8 Å². The van der Waals surface area contributed by atoms with E-state index in [0.717, 1.165) is 22.7 Å². The second-order valence-corrected chi connectivity index (χ2v) is 8.98. The van der Waals surface area contributed by atoms with Crippen molar-refractivity contribution in [3.63, 3.8) is 0 Å². The molecule has 2 heterocycles. The molecule has 5 nitrogen and oxygen atoms in total. The highest BCUT2D eigenvalue weighted by Crippen LogP contribution is 2.30. The lowest BCUT2D eigenvalue weighted by molar-refractivity contribution is 0.0750. The minimum atomic E-state index is -0.408. The van der Waals surface area contributed by atoms with Gasteiger partial charge >= 0.3 is 0 Å². The van der Waals surface area contributed by atoms with E-state index in [1.165, 1.54) is 29.9 Å². The Balaban J connectivity index is 1.44. The molecule has 166 valence electrons. The van der Waals surface area contributed by atoms with E-state index in [1.54, 1.807) is 12.1 Å². The number of ketones is 1. The maximum atomic E-state index is 14.5. The van der Waals surface area contributed by atoms with Crippen molar-refractivity contribution < 1.29 is 14.0 Å². The normalized spacial score (nSPS) is 14.0. The van der Waals surface area contributed by atoms with E-state index in [2.05, 4.69) is 36.2 Å². The molecule has 1 aromatic heterocycles. The summed E-state index contributed by atoms with van der Waals surface area (Å²) < 4.78 is 14.5. The number of halogens is 1. The monoisotopic (exact) mass is 451 g/mol. The number of benzene rings is 2. The van der Waals surface area contributed by atoms with Gasteiger partial charge in [-0.1, -0.05) is 31.2 Å². The minimum Gasteiger partial charge on any atom is -0.366 e. The third-order valence-corrected chi connectivity index (χ3v) is 7.06. The molecule has 0 radical (unpaired) electrons. The lowest BCUT2D eigenvalue weighted by Gasteiger charge is -2.36. The molecule has 2 aromatic carbocycles. The van der Waals surface area contributed by atoms with Gasteiger partial charge in [-0.25, -0.2) is 9.37 Å². The Morgan fingerprint density at radius 1 is 1.06 bits per heavy atom. The fourth-order valence-corrected chi connectivity index (χ4v) is 4.92. The molecule has 0 unspecified atom stereocenters. The number of anilines is 1. The standard InChI is InChI=1S/C25H26FN3O2S/c1-4-18-5-7-19(8-6-18)24-27-16(2)23(32-24)25(31)29-13-11-28(12-14-29)22-10-9-20(17(3)30)15-21(22)26/h5-10,15H,4,11-14H2,1-3H3. The average molecular weight is 452 g/mol. The lowest BCUT2D eigenvalue weighted by atomic mass is 10.1. The molecule has 1 aliphatic heterocycles. The van der Waals surface area contributed by atoms with Crippen LogP contribution in [0.2, 0.25) is 0 Å². The van der Waals surface area contributed by atoms with Crippen molar-refractivity contribution in [1.82, 2.24) is 9.88 Å². The van der Waals surface area contributed by atoms with Crippen molar-refractivity contribution in [1.29, 1.82) is 0 Å². The Morgan fingerprint density at radius 3 is 2.34 bits per heavy atom. The molecule has 1 saturated heterocycles. The van der Waals surface area contributed by atoms with Crippen LogP contribution in [0.4, 0.5) is 10.1 Å². The fraction of sp³-hybridized carbons (Fsp3) is 0.320. The quantitative estimate of drug-likeness (QED) is 0.513. The van der Waals surface area contributed by atoms with Crippen molar-refractivity contribution in [2.24, 2.45) is 0 Å². The van der Waals surface area contributed by atoms with Crippen LogP contribution >= 0.6 is 11.3 Å². The first kappa shape index (κ1) is 22.1. The maximum Gasteiger partial charge on any atom is 0.265 e. The molecular weight excluding hydrogens is 425 g/mol. The van der Waals surface area contributed by atoms with Crippen molar-refractivity contribution in [2.45, 2.75) is 27.2 Å². The van der Waals surface area contributed by atoms with E-state index >= 15 is 0 Å². The molecule has 3 aromatic rings. The topological polar surface area (TPSA) is 53.5 Å². The van der Waals surface area contributed by atoms with E-state index < -0.39 is 5.82 Å². The third-order valence-electron chi connectivity index (χ3n) is 5.86. The summed E-state index contributed by atoms with van der Waals surface area (Å²) in [4.78, 5) is 33.6.